The number of carbonyl (C=O) groups is 1. The SMILES string of the molecule is CCNC(C)c1cc(F)ccc1OCC(=O)N(C)C. The highest BCUT2D eigenvalue weighted by Gasteiger charge is 2.14. The third-order valence-electron chi connectivity index (χ3n) is 2.80. The van der Waals surface area contributed by atoms with Crippen molar-refractivity contribution in [3.8, 4) is 5.75 Å². The molecule has 0 bridgehead atoms. The third-order valence-corrected chi connectivity index (χ3v) is 2.80. The summed E-state index contributed by atoms with van der Waals surface area (Å²) in [6, 6.07) is 4.28. The van der Waals surface area contributed by atoms with Gasteiger partial charge in [-0.05, 0) is 31.7 Å². The number of rotatable bonds is 6. The van der Waals surface area contributed by atoms with Gasteiger partial charge in [-0.25, -0.2) is 4.39 Å². The lowest BCUT2D eigenvalue weighted by molar-refractivity contribution is -0.130. The summed E-state index contributed by atoms with van der Waals surface area (Å²) in [5, 5.41) is 3.20. The molecule has 0 radical (unpaired) electrons. The van der Waals surface area contributed by atoms with Crippen LogP contribution in [0.15, 0.2) is 18.2 Å². The molecule has 1 unspecified atom stereocenters. The highest BCUT2D eigenvalue weighted by Crippen LogP contribution is 2.26. The summed E-state index contributed by atoms with van der Waals surface area (Å²) < 4.78 is 18.8. The second kappa shape index (κ2) is 7.09. The van der Waals surface area contributed by atoms with Crippen LogP contribution in [-0.4, -0.2) is 38.1 Å². The number of nitrogens with one attached hydrogen (secondary N) is 1. The van der Waals surface area contributed by atoms with Crippen molar-refractivity contribution in [1.82, 2.24) is 10.2 Å². The van der Waals surface area contributed by atoms with Gasteiger partial charge in [-0.15, -0.1) is 0 Å². The quantitative estimate of drug-likeness (QED) is 0.857. The Morgan fingerprint density at radius 3 is 2.74 bits per heavy atom. The molecule has 0 aromatic heterocycles. The van der Waals surface area contributed by atoms with Gasteiger partial charge >= 0.3 is 0 Å². The maximum Gasteiger partial charge on any atom is 0.259 e. The molecule has 4 nitrogen and oxygen atoms in total. The van der Waals surface area contributed by atoms with E-state index >= 15 is 0 Å². The summed E-state index contributed by atoms with van der Waals surface area (Å²) >= 11 is 0. The Labute approximate surface area is 113 Å². The molecule has 0 saturated carbocycles. The van der Waals surface area contributed by atoms with E-state index in [1.165, 1.54) is 17.0 Å². The van der Waals surface area contributed by atoms with E-state index in [1.807, 2.05) is 13.8 Å². The molecule has 1 amide bonds. The van der Waals surface area contributed by atoms with Gasteiger partial charge in [0.2, 0.25) is 0 Å². The monoisotopic (exact) mass is 268 g/mol. The molecule has 1 N–H and O–H groups in total. The normalized spacial score (nSPS) is 12.1. The average molecular weight is 268 g/mol. The van der Waals surface area contributed by atoms with Crippen molar-refractivity contribution in [3.63, 3.8) is 0 Å². The van der Waals surface area contributed by atoms with Crippen LogP contribution in [0.4, 0.5) is 4.39 Å². The van der Waals surface area contributed by atoms with Crippen LogP contribution in [0.2, 0.25) is 0 Å². The number of hydrogen-bond acceptors (Lipinski definition) is 3. The summed E-state index contributed by atoms with van der Waals surface area (Å²) in [6.45, 7) is 4.63. The van der Waals surface area contributed by atoms with Crippen molar-refractivity contribution in [1.29, 1.82) is 0 Å². The van der Waals surface area contributed by atoms with E-state index in [2.05, 4.69) is 5.32 Å². The molecular weight excluding hydrogens is 247 g/mol. The first-order chi connectivity index (χ1) is 8.95. The molecule has 19 heavy (non-hydrogen) atoms. The van der Waals surface area contributed by atoms with Crippen LogP contribution in [0.3, 0.4) is 0 Å². The Morgan fingerprint density at radius 1 is 1.47 bits per heavy atom. The first-order valence-corrected chi connectivity index (χ1v) is 6.31. The van der Waals surface area contributed by atoms with Gasteiger partial charge in [-0.2, -0.15) is 0 Å². The van der Waals surface area contributed by atoms with Crippen molar-refractivity contribution in [2.75, 3.05) is 27.2 Å². The zero-order chi connectivity index (χ0) is 14.4. The molecule has 106 valence electrons. The summed E-state index contributed by atoms with van der Waals surface area (Å²) in [5.41, 5.74) is 0.716. The number of hydrogen-bond donors (Lipinski definition) is 1. The van der Waals surface area contributed by atoms with Crippen LogP contribution in [-0.2, 0) is 4.79 Å². The predicted octanol–water partition coefficient (Wildman–Crippen LogP) is 1.96. The van der Waals surface area contributed by atoms with Crippen molar-refractivity contribution < 1.29 is 13.9 Å². The average Bonchev–Trinajstić information content (AvgIpc) is 2.36. The van der Waals surface area contributed by atoms with E-state index in [0.29, 0.717) is 11.3 Å². The van der Waals surface area contributed by atoms with Gasteiger partial charge < -0.3 is 15.0 Å². The van der Waals surface area contributed by atoms with Gasteiger partial charge in [0, 0.05) is 25.7 Å². The van der Waals surface area contributed by atoms with Crippen LogP contribution in [0, 0.1) is 5.82 Å². The molecule has 5 heteroatoms. The fourth-order valence-electron chi connectivity index (χ4n) is 1.67. The number of likely N-dealkylation sites (N-methyl/N-ethyl adjacent to an activating group) is 1. The lowest BCUT2D eigenvalue weighted by Crippen LogP contribution is -2.28. The van der Waals surface area contributed by atoms with E-state index in [1.54, 1.807) is 20.2 Å². The number of benzene rings is 1. The largest absolute Gasteiger partial charge is 0.483 e. The standard InChI is InChI=1S/C14H21FN2O2/c1-5-16-10(2)12-8-11(15)6-7-13(12)19-9-14(18)17(3)4/h6-8,10,16H,5,9H2,1-4H3. The van der Waals surface area contributed by atoms with Crippen LogP contribution in [0.25, 0.3) is 0 Å². The van der Waals surface area contributed by atoms with Gasteiger partial charge in [-0.3, -0.25) is 4.79 Å². The Bertz CT molecular complexity index is 435. The van der Waals surface area contributed by atoms with Crippen molar-refractivity contribution >= 4 is 5.91 Å². The highest BCUT2D eigenvalue weighted by atomic mass is 19.1. The van der Waals surface area contributed by atoms with Crippen LogP contribution in [0.1, 0.15) is 25.5 Å². The summed E-state index contributed by atoms with van der Waals surface area (Å²) in [5.74, 6) is 0.0856. The molecule has 0 fully saturated rings. The predicted molar refractivity (Wildman–Crippen MR) is 72.7 cm³/mol. The summed E-state index contributed by atoms with van der Waals surface area (Å²) in [7, 11) is 3.33. The molecule has 1 aromatic rings. The Morgan fingerprint density at radius 2 is 2.16 bits per heavy atom. The number of amides is 1. The minimum absolute atomic E-state index is 0.0369. The molecular formula is C14H21FN2O2. The molecule has 1 atom stereocenters. The van der Waals surface area contributed by atoms with Crippen molar-refractivity contribution in [2.45, 2.75) is 19.9 Å². The van der Waals surface area contributed by atoms with E-state index in [9.17, 15) is 9.18 Å². The summed E-state index contributed by atoms with van der Waals surface area (Å²) in [4.78, 5) is 13.0. The molecule has 1 rings (SSSR count). The van der Waals surface area contributed by atoms with E-state index in [0.717, 1.165) is 6.54 Å². The lowest BCUT2D eigenvalue weighted by atomic mass is 10.1. The molecule has 0 aliphatic heterocycles. The molecule has 0 saturated heterocycles. The summed E-state index contributed by atoms with van der Waals surface area (Å²) in [6.07, 6.45) is 0. The van der Waals surface area contributed by atoms with Gasteiger partial charge in [0.05, 0.1) is 0 Å². The molecule has 0 aliphatic rings. The Balaban J connectivity index is 2.84. The molecule has 0 aliphatic carbocycles. The fourth-order valence-corrected chi connectivity index (χ4v) is 1.67. The Kier molecular flexibility index (Phi) is 5.76. The van der Waals surface area contributed by atoms with E-state index < -0.39 is 0 Å². The smallest absolute Gasteiger partial charge is 0.259 e. The van der Waals surface area contributed by atoms with Gasteiger partial charge in [0.25, 0.3) is 5.91 Å². The van der Waals surface area contributed by atoms with E-state index in [4.69, 9.17) is 4.74 Å². The first kappa shape index (κ1) is 15.4. The fraction of sp³-hybridized carbons (Fsp3) is 0.500. The number of ether oxygens (including phenoxy) is 1. The molecule has 0 spiro atoms. The Hall–Kier alpha value is -1.62. The zero-order valence-corrected chi connectivity index (χ0v) is 11.9. The van der Waals surface area contributed by atoms with Crippen molar-refractivity contribution in [2.24, 2.45) is 0 Å². The molecule has 1 aromatic carbocycles. The zero-order valence-electron chi connectivity index (χ0n) is 11.9. The maximum atomic E-state index is 13.3. The number of carbonyl (C=O) groups excluding carboxylic acids is 1. The van der Waals surface area contributed by atoms with Crippen LogP contribution in [0.5, 0.6) is 5.75 Å². The maximum absolute atomic E-state index is 13.3. The highest BCUT2D eigenvalue weighted by molar-refractivity contribution is 5.77. The van der Waals surface area contributed by atoms with Crippen LogP contribution < -0.4 is 10.1 Å². The third kappa shape index (κ3) is 4.52. The van der Waals surface area contributed by atoms with Gasteiger partial charge in [0.15, 0.2) is 6.61 Å². The van der Waals surface area contributed by atoms with Gasteiger partial charge in [0.1, 0.15) is 11.6 Å². The topological polar surface area (TPSA) is 41.6 Å². The second-order valence-corrected chi connectivity index (χ2v) is 4.54. The van der Waals surface area contributed by atoms with Crippen LogP contribution >= 0.6 is 0 Å². The molecule has 0 heterocycles. The minimum Gasteiger partial charge on any atom is -0.483 e. The van der Waals surface area contributed by atoms with Gasteiger partial charge in [-0.1, -0.05) is 6.92 Å². The second-order valence-electron chi connectivity index (χ2n) is 4.54. The van der Waals surface area contributed by atoms with Crippen molar-refractivity contribution in [3.05, 3.63) is 29.6 Å². The number of halogens is 1. The number of nitrogens with zero attached hydrogens (tertiary/aromatic N) is 1. The van der Waals surface area contributed by atoms with E-state index in [-0.39, 0.29) is 24.4 Å². The minimum atomic E-state index is -0.314. The first-order valence-electron chi connectivity index (χ1n) is 6.31. The lowest BCUT2D eigenvalue weighted by Gasteiger charge is -2.18.